The second-order valence-electron chi connectivity index (χ2n) is 7.07. The first-order valence-corrected chi connectivity index (χ1v) is 9.89. The Kier molecular flexibility index (Phi) is 6.00. The molecule has 1 aliphatic rings. The van der Waals surface area contributed by atoms with Crippen LogP contribution in [-0.2, 0) is 0 Å². The lowest BCUT2D eigenvalue weighted by Crippen LogP contribution is -2.47. The largest absolute Gasteiger partial charge is 0.473 e. The van der Waals surface area contributed by atoms with Gasteiger partial charge >= 0.3 is 6.03 Å². The van der Waals surface area contributed by atoms with Gasteiger partial charge in [-0.1, -0.05) is 60.7 Å². The van der Waals surface area contributed by atoms with E-state index >= 15 is 0 Å². The molecule has 2 aromatic carbocycles. The van der Waals surface area contributed by atoms with Gasteiger partial charge in [0, 0.05) is 38.2 Å². The lowest BCUT2D eigenvalue weighted by Gasteiger charge is -2.33. The van der Waals surface area contributed by atoms with Crippen LogP contribution in [0.3, 0.4) is 0 Å². The van der Waals surface area contributed by atoms with Gasteiger partial charge in [-0.3, -0.25) is 0 Å². The smallest absolute Gasteiger partial charge is 0.318 e. The van der Waals surface area contributed by atoms with Gasteiger partial charge in [-0.25, -0.2) is 4.79 Å². The molecule has 148 valence electrons. The quantitative estimate of drug-likeness (QED) is 0.722. The van der Waals surface area contributed by atoms with Gasteiger partial charge in [0.1, 0.15) is 6.10 Å². The minimum Gasteiger partial charge on any atom is -0.473 e. The molecule has 1 fully saturated rings. The Balaban J connectivity index is 1.39. The fourth-order valence-electron chi connectivity index (χ4n) is 3.56. The highest BCUT2D eigenvalue weighted by Crippen LogP contribution is 2.23. The Labute approximate surface area is 170 Å². The van der Waals surface area contributed by atoms with Gasteiger partial charge < -0.3 is 15.0 Å². The van der Waals surface area contributed by atoms with Crippen molar-refractivity contribution in [2.75, 3.05) is 13.1 Å². The van der Waals surface area contributed by atoms with E-state index in [1.165, 1.54) is 0 Å². The third-order valence-electron chi connectivity index (χ3n) is 5.10. The summed E-state index contributed by atoms with van der Waals surface area (Å²) >= 11 is 0. The number of hydrogen-bond donors (Lipinski definition) is 1. The van der Waals surface area contributed by atoms with Crippen LogP contribution in [0.4, 0.5) is 4.79 Å². The van der Waals surface area contributed by atoms with Crippen molar-refractivity contribution in [3.8, 4) is 5.88 Å². The Hall–Kier alpha value is -3.41. The predicted octanol–water partition coefficient (Wildman–Crippen LogP) is 3.82. The summed E-state index contributed by atoms with van der Waals surface area (Å²) in [5.41, 5.74) is 2.13. The van der Waals surface area contributed by atoms with Gasteiger partial charge in [-0.05, 0) is 17.2 Å². The minimum atomic E-state index is -0.182. The number of ether oxygens (including phenoxy) is 1. The van der Waals surface area contributed by atoms with E-state index in [-0.39, 0.29) is 18.2 Å². The normalized spacial score (nSPS) is 14.6. The number of rotatable bonds is 5. The topological polar surface area (TPSA) is 67.4 Å². The Bertz CT molecular complexity index is 858. The van der Waals surface area contributed by atoms with E-state index in [9.17, 15) is 4.79 Å². The van der Waals surface area contributed by atoms with Crippen molar-refractivity contribution in [1.29, 1.82) is 0 Å². The fraction of sp³-hybridized carbons (Fsp3) is 0.261. The Morgan fingerprint density at radius 2 is 1.55 bits per heavy atom. The van der Waals surface area contributed by atoms with Gasteiger partial charge in [-0.15, -0.1) is 5.10 Å². The number of urea groups is 1. The molecule has 1 aromatic heterocycles. The molecule has 0 spiro atoms. The maximum absolute atomic E-state index is 13.0. The van der Waals surface area contributed by atoms with E-state index < -0.39 is 0 Å². The molecule has 29 heavy (non-hydrogen) atoms. The number of hydrogen-bond acceptors (Lipinski definition) is 4. The highest BCUT2D eigenvalue weighted by atomic mass is 16.5. The van der Waals surface area contributed by atoms with Crippen molar-refractivity contribution in [3.63, 3.8) is 0 Å². The maximum Gasteiger partial charge on any atom is 0.318 e. The maximum atomic E-state index is 13.0. The number of benzene rings is 2. The summed E-state index contributed by atoms with van der Waals surface area (Å²) in [6.45, 7) is 1.29. The second-order valence-corrected chi connectivity index (χ2v) is 7.07. The SMILES string of the molecule is O=C(NC(c1ccccc1)c1ccccc1)N1CCC(Oc2cccnn2)CC1. The molecule has 1 N–H and O–H groups in total. The first-order chi connectivity index (χ1) is 14.3. The minimum absolute atomic E-state index is 0.0507. The summed E-state index contributed by atoms with van der Waals surface area (Å²) in [5.74, 6) is 0.531. The molecule has 6 heteroatoms. The molecule has 0 bridgehead atoms. The summed E-state index contributed by atoms with van der Waals surface area (Å²) in [5, 5.41) is 11.0. The van der Waals surface area contributed by atoms with Crippen molar-refractivity contribution < 1.29 is 9.53 Å². The van der Waals surface area contributed by atoms with Crippen molar-refractivity contribution in [1.82, 2.24) is 20.4 Å². The molecule has 4 rings (SSSR count). The molecule has 1 aliphatic heterocycles. The summed E-state index contributed by atoms with van der Waals surface area (Å²) in [7, 11) is 0. The van der Waals surface area contributed by atoms with Crippen LogP contribution in [0, 0.1) is 0 Å². The molecule has 0 aliphatic carbocycles. The molecule has 0 unspecified atom stereocenters. The average Bonchev–Trinajstić information content (AvgIpc) is 2.80. The van der Waals surface area contributed by atoms with Crippen molar-refractivity contribution in [2.45, 2.75) is 25.0 Å². The van der Waals surface area contributed by atoms with E-state index in [0.29, 0.717) is 19.0 Å². The van der Waals surface area contributed by atoms with Crippen LogP contribution in [0.2, 0.25) is 0 Å². The van der Waals surface area contributed by atoms with E-state index in [2.05, 4.69) is 15.5 Å². The lowest BCUT2D eigenvalue weighted by molar-refractivity contribution is 0.106. The standard InChI is InChI=1S/C23H24N4O2/c28-23(27-16-13-20(14-17-27)29-21-12-7-15-24-26-21)25-22(18-8-3-1-4-9-18)19-10-5-2-6-11-19/h1-12,15,20,22H,13-14,16-17H2,(H,25,28). The predicted molar refractivity (Wildman–Crippen MR) is 111 cm³/mol. The number of nitrogens with zero attached hydrogens (tertiary/aromatic N) is 3. The number of carbonyl (C=O) groups excluding carboxylic acids is 1. The van der Waals surface area contributed by atoms with E-state index in [1.54, 1.807) is 18.3 Å². The number of piperidine rings is 1. The zero-order valence-corrected chi connectivity index (χ0v) is 16.1. The average molecular weight is 388 g/mol. The Morgan fingerprint density at radius 3 is 2.10 bits per heavy atom. The molecule has 0 radical (unpaired) electrons. The van der Waals surface area contributed by atoms with Crippen LogP contribution in [0.15, 0.2) is 79.0 Å². The van der Waals surface area contributed by atoms with E-state index in [4.69, 9.17) is 4.74 Å². The molecular weight excluding hydrogens is 364 g/mol. The molecule has 2 amide bonds. The summed E-state index contributed by atoms with van der Waals surface area (Å²) < 4.78 is 5.87. The number of aromatic nitrogens is 2. The number of amides is 2. The lowest BCUT2D eigenvalue weighted by atomic mass is 9.99. The van der Waals surface area contributed by atoms with Gasteiger partial charge in [-0.2, -0.15) is 5.10 Å². The van der Waals surface area contributed by atoms with E-state index in [0.717, 1.165) is 24.0 Å². The van der Waals surface area contributed by atoms with Gasteiger partial charge in [0.05, 0.1) is 6.04 Å². The van der Waals surface area contributed by atoms with Crippen LogP contribution in [-0.4, -0.2) is 40.3 Å². The molecule has 6 nitrogen and oxygen atoms in total. The first kappa shape index (κ1) is 18.9. The van der Waals surface area contributed by atoms with Crippen molar-refractivity contribution in [2.24, 2.45) is 0 Å². The van der Waals surface area contributed by atoms with Crippen LogP contribution >= 0.6 is 0 Å². The van der Waals surface area contributed by atoms with Gasteiger partial charge in [0.2, 0.25) is 5.88 Å². The molecule has 3 aromatic rings. The number of likely N-dealkylation sites (tertiary alicyclic amines) is 1. The fourth-order valence-corrected chi connectivity index (χ4v) is 3.56. The van der Waals surface area contributed by atoms with Crippen LogP contribution in [0.25, 0.3) is 0 Å². The summed E-state index contributed by atoms with van der Waals surface area (Å²) in [6, 6.07) is 23.5. The second kappa shape index (κ2) is 9.19. The molecule has 2 heterocycles. The van der Waals surface area contributed by atoms with Crippen LogP contribution in [0.1, 0.15) is 30.0 Å². The van der Waals surface area contributed by atoms with E-state index in [1.807, 2.05) is 65.6 Å². The number of nitrogens with one attached hydrogen (secondary N) is 1. The first-order valence-electron chi connectivity index (χ1n) is 9.89. The number of carbonyl (C=O) groups is 1. The van der Waals surface area contributed by atoms with Gasteiger partial charge in [0.25, 0.3) is 0 Å². The highest BCUT2D eigenvalue weighted by Gasteiger charge is 2.26. The molecule has 0 atom stereocenters. The zero-order valence-electron chi connectivity index (χ0n) is 16.1. The summed E-state index contributed by atoms with van der Waals surface area (Å²) in [4.78, 5) is 14.8. The third kappa shape index (κ3) is 4.90. The van der Waals surface area contributed by atoms with Gasteiger partial charge in [0.15, 0.2) is 0 Å². The molecule has 1 saturated heterocycles. The molecular formula is C23H24N4O2. The van der Waals surface area contributed by atoms with Crippen LogP contribution < -0.4 is 10.1 Å². The van der Waals surface area contributed by atoms with Crippen molar-refractivity contribution in [3.05, 3.63) is 90.1 Å². The van der Waals surface area contributed by atoms with Crippen molar-refractivity contribution >= 4 is 6.03 Å². The zero-order chi connectivity index (χ0) is 19.9. The molecule has 0 saturated carbocycles. The highest BCUT2D eigenvalue weighted by molar-refractivity contribution is 5.75. The third-order valence-corrected chi connectivity index (χ3v) is 5.10. The summed E-state index contributed by atoms with van der Waals surface area (Å²) in [6.07, 6.45) is 3.21. The monoisotopic (exact) mass is 388 g/mol. The Morgan fingerprint density at radius 1 is 0.931 bits per heavy atom. The van der Waals surface area contributed by atoms with Crippen LogP contribution in [0.5, 0.6) is 5.88 Å².